The highest BCUT2D eigenvalue weighted by atomic mass is 79.9. The molecule has 2 bridgehead atoms. The minimum absolute atomic E-state index is 0.101. The number of nitrogens with zero attached hydrogens (tertiary/aromatic N) is 2. The molecule has 128 valence electrons. The third kappa shape index (κ3) is 1.99. The quantitative estimate of drug-likeness (QED) is 0.450. The smallest absolute Gasteiger partial charge is 0.254 e. The van der Waals surface area contributed by atoms with E-state index in [-0.39, 0.29) is 47.0 Å². The van der Waals surface area contributed by atoms with Gasteiger partial charge in [0.15, 0.2) is 0 Å². The highest BCUT2D eigenvalue weighted by Crippen LogP contribution is 2.65. The number of aromatic hydroxyl groups is 2. The Hall–Kier alpha value is -2.15. The molecular weight excluding hydrogens is 388 g/mol. The predicted molar refractivity (Wildman–Crippen MR) is 91.6 cm³/mol. The SMILES string of the molecule is O=C1[C@@H]2[C@H]3C=C[C@@H]([C@@H]4C[C@@H]34)[C@H]2C(=O)N1/N=C\c1cc(Br)c(O)cc1O. The van der Waals surface area contributed by atoms with Crippen LogP contribution in [0.1, 0.15) is 12.0 Å². The molecule has 6 rings (SSSR count). The lowest BCUT2D eigenvalue weighted by atomic mass is 9.63. The van der Waals surface area contributed by atoms with Crippen molar-refractivity contribution in [1.82, 2.24) is 5.01 Å². The highest BCUT2D eigenvalue weighted by molar-refractivity contribution is 9.10. The predicted octanol–water partition coefficient (Wildman–Crippen LogP) is 2.25. The number of benzene rings is 1. The largest absolute Gasteiger partial charge is 0.507 e. The number of hydrogen-bond acceptors (Lipinski definition) is 5. The van der Waals surface area contributed by atoms with E-state index in [1.54, 1.807) is 0 Å². The third-order valence-corrected chi connectivity index (χ3v) is 6.68. The molecule has 7 heteroatoms. The number of phenolic OH excluding ortho intramolecular Hbond substituents is 2. The van der Waals surface area contributed by atoms with E-state index < -0.39 is 0 Å². The molecule has 1 aliphatic heterocycles. The van der Waals surface area contributed by atoms with Crippen LogP contribution in [0.25, 0.3) is 0 Å². The molecule has 1 aromatic rings. The van der Waals surface area contributed by atoms with Gasteiger partial charge in [-0.2, -0.15) is 10.1 Å². The minimum atomic E-state index is -0.288. The van der Waals surface area contributed by atoms with Crippen molar-refractivity contribution in [3.63, 3.8) is 0 Å². The lowest BCUT2D eigenvalue weighted by molar-refractivity contribution is -0.140. The number of rotatable bonds is 2. The summed E-state index contributed by atoms with van der Waals surface area (Å²) in [5, 5.41) is 24.5. The maximum absolute atomic E-state index is 12.8. The molecule has 3 fully saturated rings. The van der Waals surface area contributed by atoms with Crippen LogP contribution in [0.4, 0.5) is 0 Å². The Labute approximate surface area is 152 Å². The molecule has 0 aromatic heterocycles. The van der Waals surface area contributed by atoms with Gasteiger partial charge in [0, 0.05) is 11.6 Å². The van der Waals surface area contributed by atoms with Crippen molar-refractivity contribution in [2.75, 3.05) is 0 Å². The van der Waals surface area contributed by atoms with Crippen molar-refractivity contribution in [2.45, 2.75) is 6.42 Å². The number of allylic oxidation sites excluding steroid dienone is 2. The van der Waals surface area contributed by atoms with Crippen LogP contribution in [-0.2, 0) is 9.59 Å². The van der Waals surface area contributed by atoms with E-state index in [1.807, 2.05) is 0 Å². The molecule has 6 nitrogen and oxygen atoms in total. The lowest BCUT2D eigenvalue weighted by Crippen LogP contribution is -2.40. The zero-order valence-electron chi connectivity index (χ0n) is 13.0. The summed E-state index contributed by atoms with van der Waals surface area (Å²) < 4.78 is 0.391. The molecule has 25 heavy (non-hydrogen) atoms. The summed E-state index contributed by atoms with van der Waals surface area (Å²) in [6, 6.07) is 2.66. The summed E-state index contributed by atoms with van der Waals surface area (Å²) in [7, 11) is 0. The zero-order valence-corrected chi connectivity index (χ0v) is 14.6. The van der Waals surface area contributed by atoms with Gasteiger partial charge in [-0.05, 0) is 52.1 Å². The van der Waals surface area contributed by atoms with Gasteiger partial charge in [-0.3, -0.25) is 9.59 Å². The molecule has 0 radical (unpaired) electrons. The second-order valence-corrected chi connectivity index (χ2v) is 8.10. The van der Waals surface area contributed by atoms with Crippen molar-refractivity contribution in [2.24, 2.45) is 40.6 Å². The van der Waals surface area contributed by atoms with E-state index in [0.717, 1.165) is 11.4 Å². The van der Waals surface area contributed by atoms with Crippen LogP contribution in [0.15, 0.2) is 33.9 Å². The Bertz CT molecular complexity index is 844. The van der Waals surface area contributed by atoms with E-state index in [9.17, 15) is 19.8 Å². The maximum atomic E-state index is 12.8. The molecular formula is C18H15BrN2O4. The van der Waals surface area contributed by atoms with E-state index in [0.29, 0.717) is 21.9 Å². The van der Waals surface area contributed by atoms with Crippen molar-refractivity contribution in [1.29, 1.82) is 0 Å². The van der Waals surface area contributed by atoms with E-state index in [2.05, 4.69) is 33.2 Å². The minimum Gasteiger partial charge on any atom is -0.507 e. The van der Waals surface area contributed by atoms with Crippen LogP contribution in [-0.4, -0.2) is 33.3 Å². The van der Waals surface area contributed by atoms with Crippen LogP contribution >= 0.6 is 15.9 Å². The van der Waals surface area contributed by atoms with Gasteiger partial charge in [-0.15, -0.1) is 0 Å². The summed E-state index contributed by atoms with van der Waals surface area (Å²) >= 11 is 3.16. The number of phenols is 2. The third-order valence-electron chi connectivity index (χ3n) is 6.05. The summed E-state index contributed by atoms with van der Waals surface area (Å²) in [5.74, 6) is 0.0808. The first-order valence-corrected chi connectivity index (χ1v) is 9.08. The Morgan fingerprint density at radius 1 is 1.04 bits per heavy atom. The van der Waals surface area contributed by atoms with E-state index in [4.69, 9.17) is 0 Å². The summed E-state index contributed by atoms with van der Waals surface area (Å²) in [6.45, 7) is 0. The standard InChI is InChI=1S/C18H15BrN2O4/c19-12-3-7(13(22)5-14(12)23)6-20-21-17(24)15-8-1-2-9(11-4-10(8)11)16(15)18(21)25/h1-3,5-6,8-11,15-16,22-23H,4H2/b20-6-/t8-,9-,10-,11-,15+,16+/m0/s1. The number of carbonyl (C=O) groups is 2. The second-order valence-electron chi connectivity index (χ2n) is 7.25. The first kappa shape index (κ1) is 15.1. The number of imide groups is 1. The van der Waals surface area contributed by atoms with Crippen LogP contribution < -0.4 is 0 Å². The number of halogens is 1. The van der Waals surface area contributed by atoms with Gasteiger partial charge in [0.1, 0.15) is 11.5 Å². The van der Waals surface area contributed by atoms with Gasteiger partial charge >= 0.3 is 0 Å². The van der Waals surface area contributed by atoms with E-state index in [1.165, 1.54) is 18.3 Å². The highest BCUT2D eigenvalue weighted by Gasteiger charge is 2.67. The molecule has 2 saturated carbocycles. The van der Waals surface area contributed by atoms with Gasteiger partial charge in [0.2, 0.25) is 0 Å². The van der Waals surface area contributed by atoms with Crippen LogP contribution in [0, 0.1) is 35.5 Å². The zero-order chi connectivity index (χ0) is 17.5. The molecule has 2 N–H and O–H groups in total. The average molecular weight is 403 g/mol. The second kappa shape index (κ2) is 4.94. The number of hydrazone groups is 1. The fraction of sp³-hybridized carbons (Fsp3) is 0.389. The van der Waals surface area contributed by atoms with Crippen LogP contribution in [0.5, 0.6) is 11.5 Å². The van der Waals surface area contributed by atoms with Crippen molar-refractivity contribution in [3.8, 4) is 11.5 Å². The summed E-state index contributed by atoms with van der Waals surface area (Å²) in [4.78, 5) is 25.6. The fourth-order valence-electron chi connectivity index (χ4n) is 4.84. The van der Waals surface area contributed by atoms with Crippen LogP contribution in [0.3, 0.4) is 0 Å². The summed E-state index contributed by atoms with van der Waals surface area (Å²) in [6.07, 6.45) is 6.62. The molecule has 1 heterocycles. The van der Waals surface area contributed by atoms with Gasteiger partial charge in [-0.25, -0.2) is 0 Å². The Kier molecular flexibility index (Phi) is 2.99. The molecule has 1 saturated heterocycles. The molecule has 0 unspecified atom stereocenters. The molecule has 2 amide bonds. The fourth-order valence-corrected chi connectivity index (χ4v) is 5.21. The van der Waals surface area contributed by atoms with Crippen molar-refractivity contribution >= 4 is 34.0 Å². The van der Waals surface area contributed by atoms with Gasteiger partial charge in [0.25, 0.3) is 11.8 Å². The average Bonchev–Trinajstić information content (AvgIpc) is 3.36. The van der Waals surface area contributed by atoms with E-state index >= 15 is 0 Å². The Morgan fingerprint density at radius 2 is 1.64 bits per heavy atom. The van der Waals surface area contributed by atoms with Gasteiger partial charge in [-0.1, -0.05) is 12.2 Å². The van der Waals surface area contributed by atoms with Crippen LogP contribution in [0.2, 0.25) is 0 Å². The molecule has 1 aromatic carbocycles. The van der Waals surface area contributed by atoms with Crippen molar-refractivity contribution in [3.05, 3.63) is 34.3 Å². The molecule has 6 atom stereocenters. The maximum Gasteiger partial charge on any atom is 0.254 e. The topological polar surface area (TPSA) is 90.2 Å². The molecule has 5 aliphatic rings. The Morgan fingerprint density at radius 3 is 2.24 bits per heavy atom. The lowest BCUT2D eigenvalue weighted by Gasteiger charge is -2.37. The molecule has 4 aliphatic carbocycles. The Balaban J connectivity index is 1.46. The number of hydrogen-bond donors (Lipinski definition) is 2. The summed E-state index contributed by atoms with van der Waals surface area (Å²) in [5.41, 5.74) is 0.309. The van der Waals surface area contributed by atoms with Gasteiger partial charge < -0.3 is 10.2 Å². The number of amides is 2. The van der Waals surface area contributed by atoms with Crippen molar-refractivity contribution < 1.29 is 19.8 Å². The normalized spacial score (nSPS) is 37.7. The first-order chi connectivity index (χ1) is 12.0. The van der Waals surface area contributed by atoms with Gasteiger partial charge in [0.05, 0.1) is 22.5 Å². The monoisotopic (exact) mass is 402 g/mol. The molecule has 0 spiro atoms. The number of carbonyl (C=O) groups excluding carboxylic acids is 2. The first-order valence-electron chi connectivity index (χ1n) is 8.29.